The van der Waals surface area contributed by atoms with Gasteiger partial charge in [0.05, 0.1) is 0 Å². The summed E-state index contributed by atoms with van der Waals surface area (Å²) in [5.74, 6) is 0. The van der Waals surface area contributed by atoms with Crippen molar-refractivity contribution in [2.75, 3.05) is 0 Å². The monoisotopic (exact) mass is 1090 g/mol. The summed E-state index contributed by atoms with van der Waals surface area (Å²) in [6.45, 7) is 0. The predicted molar refractivity (Wildman–Crippen MR) is 364 cm³/mol. The van der Waals surface area contributed by atoms with E-state index in [0.29, 0.717) is 0 Å². The molecule has 2 heterocycles. The summed E-state index contributed by atoms with van der Waals surface area (Å²) in [4.78, 5) is 0. The van der Waals surface area contributed by atoms with Gasteiger partial charge in [0.2, 0.25) is 0 Å². The summed E-state index contributed by atoms with van der Waals surface area (Å²) in [5, 5.41) is 18.8. The van der Waals surface area contributed by atoms with E-state index < -0.39 is 0 Å². The van der Waals surface area contributed by atoms with Gasteiger partial charge in [-0.3, -0.25) is 0 Å². The zero-order valence-corrected chi connectivity index (χ0v) is 46.7. The molecule has 398 valence electrons. The maximum atomic E-state index is 6.84. The van der Waals surface area contributed by atoms with E-state index in [1.807, 2.05) is 0 Å². The minimum absolute atomic E-state index is 0.881. The first-order valence-electron chi connectivity index (χ1n) is 29.6. The lowest BCUT2D eigenvalue weighted by atomic mass is 9.85. The number of hydrogen-bond donors (Lipinski definition) is 0. The Hall–Kier alpha value is -11.3. The summed E-state index contributed by atoms with van der Waals surface area (Å²) in [5.41, 5.74) is 20.4. The molecule has 0 N–H and O–H groups in total. The van der Waals surface area contributed by atoms with Gasteiger partial charge in [-0.15, -0.1) is 0 Å². The first kappa shape index (κ1) is 48.2. The van der Waals surface area contributed by atoms with Crippen molar-refractivity contribution in [2.24, 2.45) is 0 Å². The first-order valence-corrected chi connectivity index (χ1v) is 29.6. The fraction of sp³-hybridized carbons (Fsp3) is 0. The molecule has 0 unspecified atom stereocenters. The normalized spacial score (nSPS) is 12.0. The average Bonchev–Trinajstić information content (AvgIpc) is 1.20. The third-order valence-electron chi connectivity index (χ3n) is 18.2. The van der Waals surface area contributed by atoms with Gasteiger partial charge in [-0.2, -0.15) is 0 Å². The van der Waals surface area contributed by atoms with Crippen LogP contribution >= 0.6 is 0 Å². The van der Waals surface area contributed by atoms with E-state index in [2.05, 4.69) is 303 Å². The van der Waals surface area contributed by atoms with Crippen LogP contribution in [0.5, 0.6) is 0 Å². The van der Waals surface area contributed by atoms with Crippen LogP contribution < -0.4 is 0 Å². The molecule has 0 fully saturated rings. The molecule has 0 radical (unpaired) electrons. The van der Waals surface area contributed by atoms with Crippen molar-refractivity contribution in [2.45, 2.75) is 0 Å². The van der Waals surface area contributed by atoms with E-state index >= 15 is 0 Å². The van der Waals surface area contributed by atoms with E-state index in [4.69, 9.17) is 8.83 Å². The number of fused-ring (bicyclic) bond motifs is 14. The Balaban J connectivity index is 0.693. The zero-order chi connectivity index (χ0) is 56.4. The van der Waals surface area contributed by atoms with Crippen LogP contribution in [0.25, 0.3) is 186 Å². The lowest BCUT2D eigenvalue weighted by Crippen LogP contribution is -1.91. The summed E-state index contributed by atoms with van der Waals surface area (Å²) < 4.78 is 13.4. The first-order chi connectivity index (χ1) is 42.6. The van der Waals surface area contributed by atoms with Crippen LogP contribution in [0.15, 0.2) is 312 Å². The molecule has 16 aromatic carbocycles. The molecule has 86 heavy (non-hydrogen) atoms. The van der Waals surface area contributed by atoms with Gasteiger partial charge in [0, 0.05) is 32.3 Å². The van der Waals surface area contributed by atoms with Crippen LogP contribution in [0, 0.1) is 0 Å². The summed E-state index contributed by atoms with van der Waals surface area (Å²) in [6, 6.07) is 111. The molecule has 0 aliphatic carbocycles. The smallest absolute Gasteiger partial charge is 0.143 e. The molecule has 2 nitrogen and oxygen atoms in total. The highest BCUT2D eigenvalue weighted by atomic mass is 16.3. The van der Waals surface area contributed by atoms with Crippen molar-refractivity contribution in [3.05, 3.63) is 303 Å². The van der Waals surface area contributed by atoms with Crippen molar-refractivity contribution in [1.82, 2.24) is 0 Å². The second-order valence-corrected chi connectivity index (χ2v) is 23.0. The Morgan fingerprint density at radius 3 is 0.965 bits per heavy atom. The quantitative estimate of drug-likeness (QED) is 0.149. The number of rotatable bonds is 7. The molecule has 0 saturated heterocycles. The Morgan fingerprint density at radius 2 is 0.465 bits per heavy atom. The topological polar surface area (TPSA) is 26.3 Å². The number of furan rings is 2. The molecule has 18 rings (SSSR count). The Labute approximate surface area is 495 Å². The molecule has 0 aliphatic rings. The minimum Gasteiger partial charge on any atom is -0.455 e. The minimum atomic E-state index is 0.881. The van der Waals surface area contributed by atoms with Gasteiger partial charge in [-0.05, 0) is 192 Å². The highest BCUT2D eigenvalue weighted by molar-refractivity contribution is 6.25. The second kappa shape index (κ2) is 19.1. The summed E-state index contributed by atoms with van der Waals surface area (Å²) >= 11 is 0. The fourth-order valence-electron chi connectivity index (χ4n) is 14.3. The van der Waals surface area contributed by atoms with Crippen molar-refractivity contribution in [1.29, 1.82) is 0 Å². The van der Waals surface area contributed by atoms with Crippen LogP contribution in [-0.2, 0) is 0 Å². The Bertz CT molecular complexity index is 5710. The van der Waals surface area contributed by atoms with Gasteiger partial charge in [0.15, 0.2) is 0 Å². The van der Waals surface area contributed by atoms with E-state index in [0.717, 1.165) is 71.2 Å². The Kier molecular flexibility index (Phi) is 10.7. The van der Waals surface area contributed by atoms with Gasteiger partial charge in [-0.1, -0.05) is 243 Å². The van der Waals surface area contributed by atoms with Gasteiger partial charge in [-0.25, -0.2) is 0 Å². The zero-order valence-electron chi connectivity index (χ0n) is 46.7. The standard InChI is InChI=1S/C84H50O2/c1-2-16-51(17-3-1)52-32-34-54(35-33-52)79-65-24-6-8-26-67(65)81(68-27-9-7-25-66(68)79)61-40-45-78-76(50-61)74-43-38-59-47-58(37-41-64(59)84(74)86-78)56-20-14-19-55(46-56)57-21-15-22-60(48-57)80-69-28-10-12-30-71(69)82(72-31-13-11-29-70(72)80)62-39-44-77-75(49-62)73-42-36-53-18-4-5-23-63(53)83(73)85-77/h1-50H. The van der Waals surface area contributed by atoms with E-state index in [1.54, 1.807) is 0 Å². The summed E-state index contributed by atoms with van der Waals surface area (Å²) in [7, 11) is 0. The van der Waals surface area contributed by atoms with Gasteiger partial charge >= 0.3 is 0 Å². The third-order valence-corrected chi connectivity index (χ3v) is 18.2. The molecule has 0 aliphatic heterocycles. The molecule has 18 aromatic rings. The number of benzene rings is 16. The van der Waals surface area contributed by atoms with Crippen LogP contribution in [-0.4, -0.2) is 0 Å². The van der Waals surface area contributed by atoms with Crippen LogP contribution in [0.4, 0.5) is 0 Å². The van der Waals surface area contributed by atoms with Crippen LogP contribution in [0.3, 0.4) is 0 Å². The lowest BCUT2D eigenvalue weighted by molar-refractivity contribution is 0.672. The summed E-state index contributed by atoms with van der Waals surface area (Å²) in [6.07, 6.45) is 0. The fourth-order valence-corrected chi connectivity index (χ4v) is 14.3. The molecular formula is C84H50O2. The van der Waals surface area contributed by atoms with Crippen LogP contribution in [0.2, 0.25) is 0 Å². The van der Waals surface area contributed by atoms with E-state index in [-0.39, 0.29) is 0 Å². The third kappa shape index (κ3) is 7.53. The molecule has 0 saturated carbocycles. The predicted octanol–water partition coefficient (Wildman–Crippen LogP) is 24.1. The molecule has 0 spiro atoms. The van der Waals surface area contributed by atoms with E-state index in [9.17, 15) is 0 Å². The average molecular weight is 1090 g/mol. The molecule has 0 bridgehead atoms. The molecular weight excluding hydrogens is 1040 g/mol. The van der Waals surface area contributed by atoms with Gasteiger partial charge in [0.1, 0.15) is 22.3 Å². The van der Waals surface area contributed by atoms with Crippen molar-refractivity contribution in [3.8, 4) is 77.9 Å². The van der Waals surface area contributed by atoms with E-state index in [1.165, 1.54) is 115 Å². The maximum absolute atomic E-state index is 6.84. The van der Waals surface area contributed by atoms with Crippen molar-refractivity contribution in [3.63, 3.8) is 0 Å². The largest absolute Gasteiger partial charge is 0.455 e. The van der Waals surface area contributed by atoms with Gasteiger partial charge in [0.25, 0.3) is 0 Å². The van der Waals surface area contributed by atoms with Crippen molar-refractivity contribution >= 4 is 109 Å². The maximum Gasteiger partial charge on any atom is 0.143 e. The SMILES string of the molecule is c1ccc(-c2ccc(-c3c4ccccc4c(-c4ccc5oc6c7ccc(-c8cccc(-c9cccc(-c%10c%11ccccc%11c(-c%11ccc%12oc%13c%14ccccc%14ccc%13c%12c%11)c%11ccccc%10%11)c9)c8)cc7ccc6c5c4)c4ccccc34)cc2)cc1. The molecule has 2 aromatic heterocycles. The molecule has 2 heteroatoms. The highest BCUT2D eigenvalue weighted by Gasteiger charge is 2.22. The van der Waals surface area contributed by atoms with Gasteiger partial charge < -0.3 is 8.83 Å². The molecule has 0 amide bonds. The second-order valence-electron chi connectivity index (χ2n) is 23.0. The highest BCUT2D eigenvalue weighted by Crippen LogP contribution is 2.48. The Morgan fingerprint density at radius 1 is 0.151 bits per heavy atom. The van der Waals surface area contributed by atoms with Crippen LogP contribution in [0.1, 0.15) is 0 Å². The molecule has 0 atom stereocenters. The lowest BCUT2D eigenvalue weighted by Gasteiger charge is -2.18. The number of hydrogen-bond acceptors (Lipinski definition) is 2. The van der Waals surface area contributed by atoms with Crippen molar-refractivity contribution < 1.29 is 8.83 Å².